The summed E-state index contributed by atoms with van der Waals surface area (Å²) in [6.07, 6.45) is 10.5. The molecule has 0 heterocycles. The number of nitrogens with one attached hydrogen (secondary N) is 2. The van der Waals surface area contributed by atoms with Gasteiger partial charge in [-0.25, -0.2) is 26.4 Å². The number of quaternary nitrogens is 2. The summed E-state index contributed by atoms with van der Waals surface area (Å²) in [7, 11) is -11.6. The van der Waals surface area contributed by atoms with Gasteiger partial charge in [-0.05, 0) is 63.8 Å². The molecule has 20 heteroatoms. The first-order valence-corrected chi connectivity index (χ1v) is 21.9. The van der Waals surface area contributed by atoms with Crippen molar-refractivity contribution in [2.45, 2.75) is 103 Å². The van der Waals surface area contributed by atoms with Crippen molar-refractivity contribution in [3.05, 3.63) is 85.0 Å². The molecular formula is C40H62BrF4N2NaO10S2. The van der Waals surface area contributed by atoms with E-state index in [1.165, 1.54) is 103 Å². The number of rotatable bonds is 22. The normalized spacial score (nSPS) is 11.2. The van der Waals surface area contributed by atoms with Gasteiger partial charge in [0.2, 0.25) is 0 Å². The third-order valence-corrected chi connectivity index (χ3v) is 9.56. The molecule has 0 saturated carbocycles. The monoisotopic (exact) mass is 972 g/mol. The molecule has 0 radical (unpaired) electrons. The summed E-state index contributed by atoms with van der Waals surface area (Å²) in [5, 5.41) is -9.23. The first-order chi connectivity index (χ1) is 26.9. The van der Waals surface area contributed by atoms with E-state index in [1.807, 2.05) is 0 Å². The number of benzene rings is 2. The van der Waals surface area contributed by atoms with Gasteiger partial charge in [-0.3, -0.25) is 0 Å². The molecule has 2 rings (SSSR count). The predicted octanol–water partition coefficient (Wildman–Crippen LogP) is 0.102. The van der Waals surface area contributed by atoms with Crippen LogP contribution in [0.2, 0.25) is 0 Å². The van der Waals surface area contributed by atoms with Crippen LogP contribution in [0.1, 0.15) is 92.9 Å². The van der Waals surface area contributed by atoms with Crippen LogP contribution >= 0.6 is 0 Å². The molecule has 0 spiro atoms. The largest absolute Gasteiger partial charge is 1.00 e. The summed E-state index contributed by atoms with van der Waals surface area (Å²) in [5.41, 5.74) is 2.56. The molecule has 0 fully saturated rings. The van der Waals surface area contributed by atoms with Gasteiger partial charge < -0.3 is 45.4 Å². The fourth-order valence-corrected chi connectivity index (χ4v) is 4.83. The van der Waals surface area contributed by atoms with Gasteiger partial charge in [0.1, 0.15) is 11.4 Å². The summed E-state index contributed by atoms with van der Waals surface area (Å²) in [5.74, 6) is -2.37. The molecule has 340 valence electrons. The Kier molecular flexibility index (Phi) is 36.8. The minimum atomic E-state index is -5.81. The number of carbonyl (C=O) groups is 2. The zero-order valence-corrected chi connectivity index (χ0v) is 41.1. The Bertz CT molecular complexity index is 1570. The zero-order chi connectivity index (χ0) is 45.0. The topological polar surface area (TPSA) is 176 Å². The summed E-state index contributed by atoms with van der Waals surface area (Å²) in [4.78, 5) is 24.4. The van der Waals surface area contributed by atoms with Crippen molar-refractivity contribution >= 4 is 43.5 Å². The average molecular weight is 974 g/mol. The molecule has 0 aliphatic heterocycles. The number of alkyl halides is 4. The Balaban J connectivity index is -0.000000345. The van der Waals surface area contributed by atoms with Crippen molar-refractivity contribution < 1.29 is 119 Å². The van der Waals surface area contributed by atoms with E-state index in [9.17, 15) is 53.1 Å². The maximum absolute atomic E-state index is 12.3. The number of esters is 2. The van der Waals surface area contributed by atoms with E-state index in [0.717, 1.165) is 0 Å². The number of halogens is 5. The Morgan fingerprint density at radius 2 is 0.817 bits per heavy atom. The van der Waals surface area contributed by atoms with Crippen molar-refractivity contribution in [2.75, 3.05) is 39.4 Å². The van der Waals surface area contributed by atoms with Crippen LogP contribution in [0, 0.1) is 0 Å². The number of para-hydroxylation sites is 2. The predicted molar refractivity (Wildman–Crippen MR) is 214 cm³/mol. The molecule has 0 amide bonds. The molecule has 0 bridgehead atoms. The van der Waals surface area contributed by atoms with E-state index in [4.69, 9.17) is 0 Å². The molecule has 2 aromatic rings. The van der Waals surface area contributed by atoms with Crippen molar-refractivity contribution in [3.63, 3.8) is 0 Å². The second kappa shape index (κ2) is 34.3. The van der Waals surface area contributed by atoms with Crippen LogP contribution in [0.15, 0.2) is 85.0 Å². The third kappa shape index (κ3) is 29.2. The number of unbranched alkanes of at least 4 members (excludes halogenated alkanes) is 4. The van der Waals surface area contributed by atoms with Crippen LogP contribution in [0.4, 0.5) is 28.9 Å². The molecule has 0 aromatic heterocycles. The van der Waals surface area contributed by atoms with Gasteiger partial charge in [0.25, 0.3) is 0 Å². The van der Waals surface area contributed by atoms with Crippen LogP contribution in [-0.2, 0) is 39.3 Å². The fourth-order valence-electron chi connectivity index (χ4n) is 4.43. The zero-order valence-electron chi connectivity index (χ0n) is 35.9. The van der Waals surface area contributed by atoms with Gasteiger partial charge in [-0.2, -0.15) is 17.6 Å². The summed E-state index contributed by atoms with van der Waals surface area (Å²) < 4.78 is 117. The maximum Gasteiger partial charge on any atom is 1.00 e. The first kappa shape index (κ1) is 64.4. The molecular weight excluding hydrogens is 911 g/mol. The SMILES string of the molecule is C=C(C)C(=O)OCC(F)(F)S(=O)(=O)[O-].C=C(C)C(=O)OCC(F)(F)S(=O)(=O)[O-].CCCC[NH+](CCCC)c1ccccc1.CCCC[NH+](CCCC)c1ccccc1.[Br-].[Na+]. The van der Waals surface area contributed by atoms with Gasteiger partial charge >= 0.3 is 52.0 Å². The van der Waals surface area contributed by atoms with E-state index in [-0.39, 0.29) is 57.7 Å². The molecule has 12 nitrogen and oxygen atoms in total. The Morgan fingerprint density at radius 3 is 1.00 bits per heavy atom. The van der Waals surface area contributed by atoms with Gasteiger partial charge in [0.05, 0.1) is 26.2 Å². The Labute approximate surface area is 387 Å². The fraction of sp³-hybridized carbons (Fsp3) is 0.550. The summed E-state index contributed by atoms with van der Waals surface area (Å²) in [6, 6.07) is 21.8. The van der Waals surface area contributed by atoms with Crippen molar-refractivity contribution in [2.24, 2.45) is 0 Å². The van der Waals surface area contributed by atoms with Crippen LogP contribution in [0.3, 0.4) is 0 Å². The number of hydrogen-bond acceptors (Lipinski definition) is 10. The Morgan fingerprint density at radius 1 is 0.583 bits per heavy atom. The van der Waals surface area contributed by atoms with Gasteiger partial charge in [-0.1, -0.05) is 103 Å². The number of carbonyl (C=O) groups excluding carboxylic acids is 2. The van der Waals surface area contributed by atoms with Crippen molar-refractivity contribution in [1.29, 1.82) is 0 Å². The van der Waals surface area contributed by atoms with E-state index in [1.54, 1.807) is 9.80 Å². The molecule has 0 aliphatic rings. The van der Waals surface area contributed by atoms with Crippen LogP contribution in [-0.4, -0.2) is 87.8 Å². The number of hydrogen-bond donors (Lipinski definition) is 2. The van der Waals surface area contributed by atoms with Gasteiger partial charge in [-0.15, -0.1) is 0 Å². The second-order valence-electron chi connectivity index (χ2n) is 13.2. The minimum Gasteiger partial charge on any atom is -1.00 e. The van der Waals surface area contributed by atoms with E-state index in [0.29, 0.717) is 0 Å². The molecule has 0 atom stereocenters. The molecule has 2 aromatic carbocycles. The van der Waals surface area contributed by atoms with Crippen LogP contribution < -0.4 is 56.3 Å². The molecule has 0 aliphatic carbocycles. The summed E-state index contributed by atoms with van der Waals surface area (Å²) >= 11 is 0. The molecule has 2 N–H and O–H groups in total. The molecule has 0 unspecified atom stereocenters. The van der Waals surface area contributed by atoms with E-state index < -0.39 is 55.9 Å². The smallest absolute Gasteiger partial charge is 1.00 e. The quantitative estimate of drug-likeness (QED) is 0.0542. The minimum absolute atomic E-state index is 0. The second-order valence-corrected chi connectivity index (χ2v) is 16.3. The Hall–Kier alpha value is -2.20. The standard InChI is InChI=1S/2C14H23N.2C6H8F2O5S.BrH.Na/c2*1-3-5-12-15(13-6-4-2)14-10-8-7-9-11-14;2*1-4(2)5(9)13-3-6(7,8)14(10,11)12;;/h2*7-11H,3-6,12-13H2,1-2H3;2*1,3H2,2H3,(H,10,11,12);1H;/q;;;;;+1/p-1. The number of ether oxygens (including phenoxy) is 2. The molecule has 0 saturated heterocycles. The van der Waals surface area contributed by atoms with E-state index in [2.05, 4.69) is 111 Å². The van der Waals surface area contributed by atoms with Crippen LogP contribution in [0.25, 0.3) is 0 Å². The third-order valence-electron chi connectivity index (χ3n) is 7.86. The van der Waals surface area contributed by atoms with Gasteiger partial charge in [0, 0.05) is 11.1 Å². The van der Waals surface area contributed by atoms with E-state index >= 15 is 0 Å². The maximum atomic E-state index is 12.3. The van der Waals surface area contributed by atoms with Crippen molar-refractivity contribution in [1.82, 2.24) is 0 Å². The summed E-state index contributed by atoms with van der Waals surface area (Å²) in [6.45, 7) is 19.1. The first-order valence-electron chi connectivity index (χ1n) is 19.0. The molecule has 60 heavy (non-hydrogen) atoms. The van der Waals surface area contributed by atoms with Gasteiger partial charge in [0.15, 0.2) is 33.5 Å². The van der Waals surface area contributed by atoms with Crippen molar-refractivity contribution in [3.8, 4) is 0 Å². The average Bonchev–Trinajstić information content (AvgIpc) is 3.16. The van der Waals surface area contributed by atoms with Crippen LogP contribution in [0.5, 0.6) is 0 Å².